The molecule has 3 rings (SSSR count). The maximum Gasteiger partial charge on any atom is 0.243 e. The molecule has 0 aliphatic heterocycles. The standard InChI is InChI=1S/C31H37N3O5S/c1-23(35)32-18-20-39-21-19-33-30(37)29(34-24(2)36)22-40-31(25-10-6-4-7-11-25,26-12-8-5-9-13-26)27-14-16-28(38-3)17-15-27/h4-17,29H,18-22H2,1-3H3,(H,32,35)(H,33,37)(H,34,36)/t29-/m0/s1. The summed E-state index contributed by atoms with van der Waals surface area (Å²) in [6.07, 6.45) is 0. The molecule has 212 valence electrons. The Labute approximate surface area is 240 Å². The summed E-state index contributed by atoms with van der Waals surface area (Å²) in [5.74, 6) is 0.354. The topological polar surface area (TPSA) is 106 Å². The minimum Gasteiger partial charge on any atom is -0.497 e. The van der Waals surface area contributed by atoms with E-state index in [2.05, 4.69) is 40.2 Å². The number of nitrogens with one attached hydrogen (secondary N) is 3. The average Bonchev–Trinajstić information content (AvgIpc) is 2.97. The highest BCUT2D eigenvalue weighted by atomic mass is 32.2. The van der Waals surface area contributed by atoms with Crippen molar-refractivity contribution >= 4 is 29.5 Å². The van der Waals surface area contributed by atoms with E-state index in [4.69, 9.17) is 9.47 Å². The highest BCUT2D eigenvalue weighted by molar-refractivity contribution is 8.00. The lowest BCUT2D eigenvalue weighted by atomic mass is 9.84. The Balaban J connectivity index is 1.86. The van der Waals surface area contributed by atoms with Gasteiger partial charge in [0.25, 0.3) is 0 Å². The summed E-state index contributed by atoms with van der Waals surface area (Å²) in [5.41, 5.74) is 3.11. The Bertz CT molecular complexity index is 1180. The first-order valence-corrected chi connectivity index (χ1v) is 14.1. The van der Waals surface area contributed by atoms with Crippen molar-refractivity contribution in [2.45, 2.75) is 24.6 Å². The van der Waals surface area contributed by atoms with Gasteiger partial charge in [-0.2, -0.15) is 0 Å². The van der Waals surface area contributed by atoms with Crippen molar-refractivity contribution in [1.29, 1.82) is 0 Å². The summed E-state index contributed by atoms with van der Waals surface area (Å²) in [6.45, 7) is 4.16. The Kier molecular flexibility index (Phi) is 12.0. The number of carbonyl (C=O) groups is 3. The smallest absolute Gasteiger partial charge is 0.243 e. The van der Waals surface area contributed by atoms with Gasteiger partial charge < -0.3 is 25.4 Å². The second-order valence-corrected chi connectivity index (χ2v) is 10.3. The van der Waals surface area contributed by atoms with E-state index in [1.54, 1.807) is 18.9 Å². The molecule has 8 nitrogen and oxygen atoms in total. The van der Waals surface area contributed by atoms with Crippen LogP contribution in [0.15, 0.2) is 84.9 Å². The van der Waals surface area contributed by atoms with Gasteiger partial charge in [0, 0.05) is 32.7 Å². The predicted molar refractivity (Wildman–Crippen MR) is 158 cm³/mol. The molecule has 3 N–H and O–H groups in total. The van der Waals surface area contributed by atoms with Crippen molar-refractivity contribution < 1.29 is 23.9 Å². The van der Waals surface area contributed by atoms with E-state index in [1.807, 2.05) is 60.7 Å². The average molecular weight is 564 g/mol. The second kappa shape index (κ2) is 15.7. The third-order valence-electron chi connectivity index (χ3n) is 6.18. The fraction of sp³-hybridized carbons (Fsp3) is 0.323. The van der Waals surface area contributed by atoms with Crippen molar-refractivity contribution in [3.05, 3.63) is 102 Å². The number of carbonyl (C=O) groups excluding carboxylic acids is 3. The Morgan fingerprint density at radius 3 is 1.77 bits per heavy atom. The largest absolute Gasteiger partial charge is 0.497 e. The Hall–Kier alpha value is -3.82. The summed E-state index contributed by atoms with van der Waals surface area (Å²) in [5, 5.41) is 8.34. The minimum atomic E-state index is -0.771. The quantitative estimate of drug-likeness (QED) is 0.193. The zero-order chi connectivity index (χ0) is 28.8. The number of benzene rings is 3. The lowest BCUT2D eigenvalue weighted by molar-refractivity contribution is -0.127. The van der Waals surface area contributed by atoms with Crippen LogP contribution in [0, 0.1) is 0 Å². The van der Waals surface area contributed by atoms with E-state index >= 15 is 0 Å². The summed E-state index contributed by atoms with van der Waals surface area (Å²) in [7, 11) is 1.64. The van der Waals surface area contributed by atoms with Crippen LogP contribution < -0.4 is 20.7 Å². The molecule has 3 amide bonds. The Morgan fingerprint density at radius 2 is 1.27 bits per heavy atom. The predicted octanol–water partition coefficient (Wildman–Crippen LogP) is 3.49. The molecule has 3 aromatic rings. The molecule has 0 aliphatic rings. The van der Waals surface area contributed by atoms with Crippen molar-refractivity contribution in [1.82, 2.24) is 16.0 Å². The van der Waals surface area contributed by atoms with Crippen LogP contribution in [0.2, 0.25) is 0 Å². The molecule has 40 heavy (non-hydrogen) atoms. The number of thioether (sulfide) groups is 1. The van der Waals surface area contributed by atoms with Gasteiger partial charge in [0.15, 0.2) is 0 Å². The third kappa shape index (κ3) is 8.59. The van der Waals surface area contributed by atoms with Gasteiger partial charge in [-0.15, -0.1) is 11.8 Å². The SMILES string of the molecule is COc1ccc(C(SC[C@H](NC(C)=O)C(=O)NCCOCCNC(C)=O)(c2ccccc2)c2ccccc2)cc1. The van der Waals surface area contributed by atoms with Gasteiger partial charge >= 0.3 is 0 Å². The van der Waals surface area contributed by atoms with Gasteiger partial charge in [-0.3, -0.25) is 14.4 Å². The molecule has 0 saturated heterocycles. The van der Waals surface area contributed by atoms with E-state index < -0.39 is 10.8 Å². The molecule has 1 atom stereocenters. The van der Waals surface area contributed by atoms with Crippen LogP contribution in [-0.4, -0.2) is 62.9 Å². The van der Waals surface area contributed by atoms with Gasteiger partial charge in [0.05, 0.1) is 25.1 Å². The van der Waals surface area contributed by atoms with Gasteiger partial charge in [0.1, 0.15) is 11.8 Å². The van der Waals surface area contributed by atoms with Crippen molar-refractivity contribution in [2.75, 3.05) is 39.2 Å². The van der Waals surface area contributed by atoms with E-state index in [0.717, 1.165) is 22.4 Å². The van der Waals surface area contributed by atoms with Gasteiger partial charge in [-0.25, -0.2) is 0 Å². The molecule has 0 spiro atoms. The first-order chi connectivity index (χ1) is 19.4. The molecular weight excluding hydrogens is 526 g/mol. The molecule has 3 aromatic carbocycles. The molecule has 0 aliphatic carbocycles. The Morgan fingerprint density at radius 1 is 0.750 bits per heavy atom. The van der Waals surface area contributed by atoms with Gasteiger partial charge in [0.2, 0.25) is 17.7 Å². The molecule has 0 bridgehead atoms. The van der Waals surface area contributed by atoms with E-state index in [0.29, 0.717) is 18.9 Å². The van der Waals surface area contributed by atoms with Gasteiger partial charge in [-0.05, 0) is 28.8 Å². The van der Waals surface area contributed by atoms with Crippen LogP contribution in [0.3, 0.4) is 0 Å². The number of amides is 3. The zero-order valence-electron chi connectivity index (χ0n) is 23.1. The second-order valence-electron chi connectivity index (χ2n) is 9.09. The van der Waals surface area contributed by atoms with E-state index in [-0.39, 0.29) is 30.9 Å². The normalized spacial score (nSPS) is 11.8. The lowest BCUT2D eigenvalue weighted by Crippen LogP contribution is -2.49. The fourth-order valence-corrected chi connectivity index (χ4v) is 5.89. The highest BCUT2D eigenvalue weighted by Crippen LogP contribution is 2.49. The molecular formula is C31H37N3O5S. The van der Waals surface area contributed by atoms with E-state index in [1.165, 1.54) is 13.8 Å². The zero-order valence-corrected chi connectivity index (χ0v) is 24.0. The lowest BCUT2D eigenvalue weighted by Gasteiger charge is -2.36. The fourth-order valence-electron chi connectivity index (χ4n) is 4.33. The highest BCUT2D eigenvalue weighted by Gasteiger charge is 2.38. The molecule has 0 aromatic heterocycles. The molecule has 0 fully saturated rings. The molecule has 0 radical (unpaired) electrons. The molecule has 0 heterocycles. The van der Waals surface area contributed by atoms with Crippen LogP contribution in [0.4, 0.5) is 0 Å². The van der Waals surface area contributed by atoms with Crippen LogP contribution in [0.25, 0.3) is 0 Å². The van der Waals surface area contributed by atoms with E-state index in [9.17, 15) is 14.4 Å². The summed E-state index contributed by atoms with van der Waals surface area (Å²) in [4.78, 5) is 36.2. The molecule has 0 unspecified atom stereocenters. The number of hydrogen-bond acceptors (Lipinski definition) is 6. The van der Waals surface area contributed by atoms with Crippen molar-refractivity contribution in [2.24, 2.45) is 0 Å². The summed E-state index contributed by atoms with van der Waals surface area (Å²) >= 11 is 1.59. The molecule has 9 heteroatoms. The van der Waals surface area contributed by atoms with Gasteiger partial charge in [-0.1, -0.05) is 72.8 Å². The summed E-state index contributed by atoms with van der Waals surface area (Å²) in [6, 6.07) is 27.4. The first-order valence-electron chi connectivity index (χ1n) is 13.1. The number of methoxy groups -OCH3 is 1. The van der Waals surface area contributed by atoms with Crippen LogP contribution in [-0.2, 0) is 23.9 Å². The van der Waals surface area contributed by atoms with Crippen LogP contribution in [0.5, 0.6) is 5.75 Å². The maximum absolute atomic E-state index is 13.2. The van der Waals surface area contributed by atoms with Crippen molar-refractivity contribution in [3.8, 4) is 5.75 Å². The number of rotatable bonds is 15. The number of hydrogen-bond donors (Lipinski definition) is 3. The van der Waals surface area contributed by atoms with Crippen LogP contribution >= 0.6 is 11.8 Å². The minimum absolute atomic E-state index is 0.121. The van der Waals surface area contributed by atoms with Crippen LogP contribution in [0.1, 0.15) is 30.5 Å². The maximum atomic E-state index is 13.2. The molecule has 0 saturated carbocycles. The summed E-state index contributed by atoms with van der Waals surface area (Å²) < 4.78 is 10.2. The first kappa shape index (κ1) is 30.7. The van der Waals surface area contributed by atoms with Crippen molar-refractivity contribution in [3.63, 3.8) is 0 Å². The monoisotopic (exact) mass is 563 g/mol. The number of ether oxygens (including phenoxy) is 2. The third-order valence-corrected chi connectivity index (χ3v) is 7.82.